The van der Waals surface area contributed by atoms with Crippen LogP contribution in [-0.4, -0.2) is 0 Å². The predicted molar refractivity (Wildman–Crippen MR) is 176 cm³/mol. The van der Waals surface area contributed by atoms with E-state index in [-0.39, 0.29) is 5.41 Å². The van der Waals surface area contributed by atoms with Gasteiger partial charge in [0, 0.05) is 5.41 Å². The zero-order chi connectivity index (χ0) is 27.3. The molecule has 8 aromatic carbocycles. The number of fused-ring (bicyclic) bond motifs is 4. The summed E-state index contributed by atoms with van der Waals surface area (Å²) in [5.41, 5.74) is 10.7. The minimum absolute atomic E-state index is 0.113. The highest BCUT2D eigenvalue weighted by atomic mass is 14.4. The van der Waals surface area contributed by atoms with Crippen LogP contribution in [0, 0.1) is 0 Å². The molecule has 0 aromatic heterocycles. The standard InChI is InChI=1S/C41H28/c1-41(2)35-23-30(31-20-17-28-16-15-26-12-8-13-27-18-21-33(31)39(28)37(26)27)19-22-34(35)40-36(41)24-29-11-6-7-14-32(29)38(40)25-9-4-3-5-10-25/h3-24H,1-2H3. The highest BCUT2D eigenvalue weighted by molar-refractivity contribution is 6.25. The largest absolute Gasteiger partial charge is 0.0622 e. The maximum Gasteiger partial charge on any atom is 0.0159 e. The summed E-state index contributed by atoms with van der Waals surface area (Å²) >= 11 is 0. The molecule has 0 saturated heterocycles. The van der Waals surface area contributed by atoms with Crippen molar-refractivity contribution in [2.75, 3.05) is 0 Å². The van der Waals surface area contributed by atoms with Gasteiger partial charge in [-0.15, -0.1) is 0 Å². The van der Waals surface area contributed by atoms with Crippen molar-refractivity contribution in [3.8, 4) is 33.4 Å². The maximum atomic E-state index is 2.47. The lowest BCUT2D eigenvalue weighted by molar-refractivity contribution is 0.661. The van der Waals surface area contributed by atoms with Gasteiger partial charge in [0.2, 0.25) is 0 Å². The molecule has 0 heterocycles. The summed E-state index contributed by atoms with van der Waals surface area (Å²) < 4.78 is 0. The fraction of sp³-hybridized carbons (Fsp3) is 0.0732. The van der Waals surface area contributed by atoms with Crippen molar-refractivity contribution in [1.82, 2.24) is 0 Å². The van der Waals surface area contributed by atoms with Crippen LogP contribution >= 0.6 is 0 Å². The quantitative estimate of drug-likeness (QED) is 0.199. The Hall–Kier alpha value is -4.94. The lowest BCUT2D eigenvalue weighted by Crippen LogP contribution is -2.15. The van der Waals surface area contributed by atoms with Crippen molar-refractivity contribution in [2.45, 2.75) is 19.3 Å². The van der Waals surface area contributed by atoms with Gasteiger partial charge in [-0.1, -0.05) is 135 Å². The Bertz CT molecular complexity index is 2300. The minimum Gasteiger partial charge on any atom is -0.0622 e. The van der Waals surface area contributed by atoms with E-state index in [4.69, 9.17) is 0 Å². The molecule has 8 aromatic rings. The van der Waals surface area contributed by atoms with E-state index in [0.29, 0.717) is 0 Å². The van der Waals surface area contributed by atoms with E-state index >= 15 is 0 Å². The highest BCUT2D eigenvalue weighted by Gasteiger charge is 2.38. The Kier molecular flexibility index (Phi) is 4.49. The lowest BCUT2D eigenvalue weighted by Gasteiger charge is -2.23. The Morgan fingerprint density at radius 3 is 1.88 bits per heavy atom. The van der Waals surface area contributed by atoms with Gasteiger partial charge in [-0.25, -0.2) is 0 Å². The SMILES string of the molecule is CC1(C)c2cc(-c3ccc4ccc5cccc6ccc3c4c56)ccc2-c2c1cc1ccccc1c2-c1ccccc1. The molecule has 9 rings (SSSR count). The topological polar surface area (TPSA) is 0 Å². The number of hydrogen-bond donors (Lipinski definition) is 0. The average Bonchev–Trinajstić information content (AvgIpc) is 3.24. The highest BCUT2D eigenvalue weighted by Crippen LogP contribution is 2.55. The molecule has 0 atom stereocenters. The summed E-state index contributed by atoms with van der Waals surface area (Å²) in [6, 6.07) is 49.8. The van der Waals surface area contributed by atoms with Crippen LogP contribution in [0.25, 0.3) is 76.5 Å². The van der Waals surface area contributed by atoms with Crippen molar-refractivity contribution in [1.29, 1.82) is 0 Å². The van der Waals surface area contributed by atoms with Gasteiger partial charge in [0.1, 0.15) is 0 Å². The van der Waals surface area contributed by atoms with Gasteiger partial charge in [0.15, 0.2) is 0 Å². The van der Waals surface area contributed by atoms with Gasteiger partial charge in [-0.05, 0) is 99.7 Å². The molecule has 0 amide bonds. The van der Waals surface area contributed by atoms with Crippen LogP contribution in [0.5, 0.6) is 0 Å². The van der Waals surface area contributed by atoms with Crippen LogP contribution in [0.3, 0.4) is 0 Å². The molecule has 0 radical (unpaired) electrons. The van der Waals surface area contributed by atoms with E-state index in [1.165, 1.54) is 87.6 Å². The molecule has 0 aliphatic heterocycles. The van der Waals surface area contributed by atoms with Crippen LogP contribution in [0.15, 0.2) is 133 Å². The molecule has 0 fully saturated rings. The molecule has 41 heavy (non-hydrogen) atoms. The normalized spacial score (nSPS) is 13.8. The Balaban J connectivity index is 1.32. The average molecular weight is 521 g/mol. The first-order chi connectivity index (χ1) is 20.1. The van der Waals surface area contributed by atoms with Crippen LogP contribution in [0.2, 0.25) is 0 Å². The Morgan fingerprint density at radius 1 is 0.390 bits per heavy atom. The van der Waals surface area contributed by atoms with E-state index in [0.717, 1.165) is 0 Å². The maximum absolute atomic E-state index is 2.47. The monoisotopic (exact) mass is 520 g/mol. The second-order valence-electron chi connectivity index (χ2n) is 12.1. The number of hydrogen-bond acceptors (Lipinski definition) is 0. The molecular formula is C41H28. The third-order valence-corrected chi connectivity index (χ3v) is 9.59. The van der Waals surface area contributed by atoms with E-state index < -0.39 is 0 Å². The molecule has 1 aliphatic carbocycles. The number of benzene rings is 8. The Labute approximate surface area is 239 Å². The van der Waals surface area contributed by atoms with E-state index in [9.17, 15) is 0 Å². The van der Waals surface area contributed by atoms with Crippen molar-refractivity contribution in [3.05, 3.63) is 145 Å². The van der Waals surface area contributed by atoms with Gasteiger partial charge >= 0.3 is 0 Å². The third kappa shape index (κ3) is 3.05. The van der Waals surface area contributed by atoms with Gasteiger partial charge in [0.05, 0.1) is 0 Å². The first-order valence-corrected chi connectivity index (χ1v) is 14.5. The van der Waals surface area contributed by atoms with E-state index in [2.05, 4.69) is 147 Å². The van der Waals surface area contributed by atoms with Gasteiger partial charge in [-0.2, -0.15) is 0 Å². The molecule has 0 heteroatoms. The fourth-order valence-electron chi connectivity index (χ4n) is 7.60. The van der Waals surface area contributed by atoms with Gasteiger partial charge < -0.3 is 0 Å². The van der Waals surface area contributed by atoms with Crippen LogP contribution in [-0.2, 0) is 5.41 Å². The van der Waals surface area contributed by atoms with Gasteiger partial charge in [0.25, 0.3) is 0 Å². The van der Waals surface area contributed by atoms with Crippen molar-refractivity contribution >= 4 is 43.1 Å². The van der Waals surface area contributed by atoms with Crippen LogP contribution in [0.1, 0.15) is 25.0 Å². The summed E-state index contributed by atoms with van der Waals surface area (Å²) in [6.07, 6.45) is 0. The summed E-state index contributed by atoms with van der Waals surface area (Å²) in [5, 5.41) is 10.6. The Morgan fingerprint density at radius 2 is 1.05 bits per heavy atom. The second kappa shape index (κ2) is 8.05. The zero-order valence-electron chi connectivity index (χ0n) is 23.2. The molecule has 192 valence electrons. The second-order valence-corrected chi connectivity index (χ2v) is 12.1. The van der Waals surface area contributed by atoms with Crippen molar-refractivity contribution in [2.24, 2.45) is 0 Å². The molecule has 0 spiro atoms. The summed E-state index contributed by atoms with van der Waals surface area (Å²) in [7, 11) is 0. The van der Waals surface area contributed by atoms with Crippen molar-refractivity contribution in [3.63, 3.8) is 0 Å². The third-order valence-electron chi connectivity index (χ3n) is 9.59. The summed E-state index contributed by atoms with van der Waals surface area (Å²) in [5.74, 6) is 0. The molecule has 0 nitrogen and oxygen atoms in total. The molecular weight excluding hydrogens is 492 g/mol. The van der Waals surface area contributed by atoms with Crippen molar-refractivity contribution < 1.29 is 0 Å². The summed E-state index contributed by atoms with van der Waals surface area (Å²) in [4.78, 5) is 0. The molecule has 1 aliphatic rings. The first kappa shape index (κ1) is 22.8. The molecule has 0 unspecified atom stereocenters. The summed E-state index contributed by atoms with van der Waals surface area (Å²) in [6.45, 7) is 4.80. The molecule has 0 bridgehead atoms. The lowest BCUT2D eigenvalue weighted by atomic mass is 9.80. The molecule has 0 saturated carbocycles. The first-order valence-electron chi connectivity index (χ1n) is 14.5. The smallest absolute Gasteiger partial charge is 0.0159 e. The number of rotatable bonds is 2. The zero-order valence-corrected chi connectivity index (χ0v) is 23.2. The molecule has 0 N–H and O–H groups in total. The van der Waals surface area contributed by atoms with E-state index in [1.54, 1.807) is 0 Å². The minimum atomic E-state index is -0.113. The van der Waals surface area contributed by atoms with Gasteiger partial charge in [-0.3, -0.25) is 0 Å². The van der Waals surface area contributed by atoms with Crippen LogP contribution in [0.4, 0.5) is 0 Å². The van der Waals surface area contributed by atoms with Crippen LogP contribution < -0.4 is 0 Å². The van der Waals surface area contributed by atoms with E-state index in [1.807, 2.05) is 0 Å². The fourth-order valence-corrected chi connectivity index (χ4v) is 7.60. The predicted octanol–water partition coefficient (Wildman–Crippen LogP) is 11.4.